The molecule has 0 unspecified atom stereocenters. The molecule has 4 atom stereocenters. The number of aromatic hydroxyl groups is 2. The van der Waals surface area contributed by atoms with E-state index in [1.807, 2.05) is 0 Å². The molecule has 0 saturated carbocycles. The number of urea groups is 1. The molecule has 49 heavy (non-hydrogen) atoms. The summed E-state index contributed by atoms with van der Waals surface area (Å²) in [6.45, 7) is 3.59. The Balaban J connectivity index is 1.51. The highest BCUT2D eigenvalue weighted by Gasteiger charge is 2.55. The van der Waals surface area contributed by atoms with Gasteiger partial charge >= 0.3 is 6.03 Å². The van der Waals surface area contributed by atoms with Crippen LogP contribution in [0.1, 0.15) is 36.1 Å². The van der Waals surface area contributed by atoms with Crippen LogP contribution in [0.15, 0.2) is 97.1 Å². The highest BCUT2D eigenvalue weighted by molar-refractivity contribution is 5.76. The summed E-state index contributed by atoms with van der Waals surface area (Å²) in [7, 11) is 0. The molecule has 2 amide bonds. The van der Waals surface area contributed by atoms with Gasteiger partial charge in [0.05, 0.1) is 21.9 Å². The Kier molecular flexibility index (Phi) is 9.22. The third kappa shape index (κ3) is 7.47. The number of hydrogen-bond acceptors (Lipinski definition) is 9. The maximum absolute atomic E-state index is 15.1. The van der Waals surface area contributed by atoms with Crippen molar-refractivity contribution < 1.29 is 34.3 Å². The zero-order valence-electron chi connectivity index (χ0n) is 26.9. The lowest BCUT2D eigenvalue weighted by molar-refractivity contribution is -0.385. The first-order valence-corrected chi connectivity index (χ1v) is 15.8. The second kappa shape index (κ2) is 13.5. The van der Waals surface area contributed by atoms with Crippen LogP contribution in [0, 0.1) is 20.2 Å². The van der Waals surface area contributed by atoms with Gasteiger partial charge in [0.15, 0.2) is 5.79 Å². The zero-order chi connectivity index (χ0) is 34.9. The maximum Gasteiger partial charge on any atom is 0.321 e. The standard InChI is InChI=1S/C36H36N4O9/c1-36(2)48-33-31(19-23-9-13-29(41)14-10-23)37(21-25-5-3-7-27(17-25)39(44)45)35(43)38(22-26-6-4-8-28(18-26)40(46)47)32(34(33)49-36)20-24-11-15-30(42)16-12-24/h3-18,31-34,41-42H,19-22H2,1-2H3/t31-,32-,33+,34+/m1/s1. The van der Waals surface area contributed by atoms with Crippen molar-refractivity contribution >= 4 is 17.4 Å². The highest BCUT2D eigenvalue weighted by Crippen LogP contribution is 2.41. The largest absolute Gasteiger partial charge is 0.508 e. The van der Waals surface area contributed by atoms with Gasteiger partial charge in [-0.05, 0) is 73.2 Å². The van der Waals surface area contributed by atoms with Gasteiger partial charge in [-0.15, -0.1) is 0 Å². The van der Waals surface area contributed by atoms with Crippen LogP contribution in [0.3, 0.4) is 0 Å². The minimum Gasteiger partial charge on any atom is -0.508 e. The Bertz CT molecular complexity index is 1720. The molecule has 0 spiro atoms. The number of ether oxygens (including phenoxy) is 2. The van der Waals surface area contributed by atoms with Crippen LogP contribution in [0.25, 0.3) is 0 Å². The van der Waals surface area contributed by atoms with Crippen LogP contribution in [-0.2, 0) is 35.4 Å². The Morgan fingerprint density at radius 2 is 1.04 bits per heavy atom. The number of hydrogen-bond donors (Lipinski definition) is 2. The molecule has 0 aromatic heterocycles. The molecule has 6 rings (SSSR count). The summed E-state index contributed by atoms with van der Waals surface area (Å²) >= 11 is 0. The van der Waals surface area contributed by atoms with Crippen LogP contribution in [0.4, 0.5) is 16.2 Å². The molecular formula is C36H36N4O9. The smallest absolute Gasteiger partial charge is 0.321 e. The van der Waals surface area contributed by atoms with Gasteiger partial charge in [0.1, 0.15) is 23.7 Å². The monoisotopic (exact) mass is 668 g/mol. The zero-order valence-corrected chi connectivity index (χ0v) is 26.9. The number of rotatable bonds is 10. The number of non-ortho nitro benzene ring substituents is 2. The van der Waals surface area contributed by atoms with Crippen LogP contribution in [-0.4, -0.2) is 66.0 Å². The second-order valence-corrected chi connectivity index (χ2v) is 12.8. The fraction of sp³-hybridized carbons (Fsp3) is 0.306. The normalized spacial score (nSPS) is 21.6. The van der Waals surface area contributed by atoms with E-state index in [9.17, 15) is 30.4 Å². The molecule has 4 aromatic rings. The number of phenolic OH excluding ortho intramolecular Hbond substituents is 2. The maximum atomic E-state index is 15.1. The number of carbonyl (C=O) groups excluding carboxylic acids is 1. The summed E-state index contributed by atoms with van der Waals surface area (Å²) in [5, 5.41) is 43.3. The summed E-state index contributed by atoms with van der Waals surface area (Å²) in [6, 6.07) is 23.8. The topological polar surface area (TPSA) is 169 Å². The first-order valence-electron chi connectivity index (χ1n) is 15.8. The number of benzene rings is 4. The predicted octanol–water partition coefficient (Wildman–Crippen LogP) is 6.09. The van der Waals surface area contributed by atoms with E-state index in [0.29, 0.717) is 24.0 Å². The molecule has 2 N–H and O–H groups in total. The van der Waals surface area contributed by atoms with Crippen molar-refractivity contribution in [3.05, 3.63) is 140 Å². The van der Waals surface area contributed by atoms with Gasteiger partial charge < -0.3 is 29.5 Å². The van der Waals surface area contributed by atoms with Gasteiger partial charge in [-0.1, -0.05) is 48.5 Å². The summed E-state index contributed by atoms with van der Waals surface area (Å²) in [5.74, 6) is -0.874. The van der Waals surface area contributed by atoms with E-state index in [0.717, 1.165) is 11.1 Å². The molecule has 2 fully saturated rings. The van der Waals surface area contributed by atoms with Crippen LogP contribution in [0.5, 0.6) is 11.5 Å². The van der Waals surface area contributed by atoms with Crippen molar-refractivity contribution in [1.82, 2.24) is 9.80 Å². The third-order valence-corrected chi connectivity index (χ3v) is 8.93. The Labute approximate surface area is 282 Å². The van der Waals surface area contributed by atoms with E-state index in [2.05, 4.69) is 0 Å². The number of nitro groups is 2. The van der Waals surface area contributed by atoms with E-state index in [1.54, 1.807) is 96.4 Å². The summed E-state index contributed by atoms with van der Waals surface area (Å²) in [6.07, 6.45) is -0.747. The van der Waals surface area contributed by atoms with E-state index in [-0.39, 0.29) is 36.0 Å². The van der Waals surface area contributed by atoms with E-state index in [4.69, 9.17) is 9.47 Å². The number of fused-ring (bicyclic) bond motifs is 1. The fourth-order valence-electron chi connectivity index (χ4n) is 6.72. The number of nitrogens with zero attached hydrogens (tertiary/aromatic N) is 4. The number of nitro benzene ring substituents is 2. The van der Waals surface area contributed by atoms with Crippen molar-refractivity contribution in [2.24, 2.45) is 0 Å². The van der Waals surface area contributed by atoms with E-state index >= 15 is 4.79 Å². The van der Waals surface area contributed by atoms with Crippen molar-refractivity contribution in [3.8, 4) is 11.5 Å². The van der Waals surface area contributed by atoms with Crippen LogP contribution in [0.2, 0.25) is 0 Å². The van der Waals surface area contributed by atoms with Crippen molar-refractivity contribution in [3.63, 3.8) is 0 Å². The van der Waals surface area contributed by atoms with Gasteiger partial charge in [0.2, 0.25) is 0 Å². The minimum atomic E-state index is -1.05. The summed E-state index contributed by atoms with van der Waals surface area (Å²) in [5.41, 5.74) is 2.45. The lowest BCUT2D eigenvalue weighted by Crippen LogP contribution is -2.51. The molecule has 2 aliphatic rings. The number of amides is 2. The van der Waals surface area contributed by atoms with E-state index < -0.39 is 46.0 Å². The Morgan fingerprint density at radius 1 is 0.653 bits per heavy atom. The molecule has 0 bridgehead atoms. The van der Waals surface area contributed by atoms with Gasteiger partial charge in [0, 0.05) is 37.4 Å². The van der Waals surface area contributed by atoms with Crippen molar-refractivity contribution in [1.29, 1.82) is 0 Å². The number of carbonyl (C=O) groups is 1. The molecule has 254 valence electrons. The molecule has 0 radical (unpaired) electrons. The molecule has 2 aliphatic heterocycles. The second-order valence-electron chi connectivity index (χ2n) is 12.8. The van der Waals surface area contributed by atoms with Crippen molar-refractivity contribution in [2.75, 3.05) is 0 Å². The lowest BCUT2D eigenvalue weighted by Gasteiger charge is -2.37. The van der Waals surface area contributed by atoms with Crippen molar-refractivity contribution in [2.45, 2.75) is 69.9 Å². The Morgan fingerprint density at radius 3 is 1.41 bits per heavy atom. The van der Waals surface area contributed by atoms with Gasteiger partial charge in [-0.2, -0.15) is 0 Å². The lowest BCUT2D eigenvalue weighted by atomic mass is 9.90. The van der Waals surface area contributed by atoms with Gasteiger partial charge in [-0.25, -0.2) is 4.79 Å². The summed E-state index contributed by atoms with van der Waals surface area (Å²) < 4.78 is 13.3. The fourth-order valence-corrected chi connectivity index (χ4v) is 6.72. The average molecular weight is 669 g/mol. The predicted molar refractivity (Wildman–Crippen MR) is 178 cm³/mol. The molecule has 13 nitrogen and oxygen atoms in total. The van der Waals surface area contributed by atoms with Gasteiger partial charge in [-0.3, -0.25) is 20.2 Å². The highest BCUT2D eigenvalue weighted by atomic mass is 16.8. The first kappa shape index (κ1) is 33.4. The van der Waals surface area contributed by atoms with Gasteiger partial charge in [0.25, 0.3) is 11.4 Å². The average Bonchev–Trinajstić information content (AvgIpc) is 3.37. The molecule has 4 aromatic carbocycles. The third-order valence-electron chi connectivity index (χ3n) is 8.93. The molecule has 13 heteroatoms. The molecule has 0 aliphatic carbocycles. The minimum absolute atomic E-state index is 0.00631. The first-order chi connectivity index (χ1) is 23.4. The summed E-state index contributed by atoms with van der Waals surface area (Å²) in [4.78, 5) is 40.8. The molecule has 2 heterocycles. The SMILES string of the molecule is CC1(C)O[C@@H]2[C@@H](O1)[C@@H](Cc1ccc(O)cc1)N(Cc1cccc([N+](=O)[O-])c1)C(=O)N(Cc1cccc([N+](=O)[O-])c1)[C@@H]2Cc1ccc(O)cc1. The van der Waals surface area contributed by atoms with Crippen LogP contribution < -0.4 is 0 Å². The van der Waals surface area contributed by atoms with Crippen LogP contribution >= 0.6 is 0 Å². The quantitative estimate of drug-likeness (QED) is 0.150. The number of phenols is 2. The van der Waals surface area contributed by atoms with E-state index in [1.165, 1.54) is 24.3 Å². The molecular weight excluding hydrogens is 632 g/mol. The molecule has 2 saturated heterocycles. The Hall–Kier alpha value is -5.53.